The molecule has 5 nitrogen and oxygen atoms in total. The molecule has 1 spiro atoms. The first-order valence-corrected chi connectivity index (χ1v) is 35.5. The standard InChI is InChI=1S/C96H65B2N3O2/c1-58-28-26-49-86-91(58)98-78-56-79-87(57-83(78)101(94-72(59-29-8-5-9-30-59)52-62(95(2,3)4)53-73(94)60-31-10-6-11-32-60)85-54-64(55-89(102-86)93(85)98)100-80-46-23-17-38-69(80)70-39-18-24-47-81(70)100)103-88-51-61(50-84-92(88)97(79)77-45-22-25-48-82(77)99(84)63-33-12-7-13-34-63)65-40-27-41-71-68-37-16-21-44-76(68)96(90(65)71)74-42-19-14-35-66(74)67-36-15-20-43-75(67)96/h5-57H,1-4H3/i17D,18D,23D,24D,38D,39D,46D,47D. The fourth-order valence-electron chi connectivity index (χ4n) is 18.6. The number of hydrogen-bond acceptors (Lipinski definition) is 4. The highest BCUT2D eigenvalue weighted by Gasteiger charge is 2.54. The predicted molar refractivity (Wildman–Crippen MR) is 429 cm³/mol. The van der Waals surface area contributed by atoms with Crippen LogP contribution in [0.25, 0.3) is 83.1 Å². The smallest absolute Gasteiger partial charge is 0.256 e. The van der Waals surface area contributed by atoms with Crippen molar-refractivity contribution in [2.75, 3.05) is 9.80 Å². The van der Waals surface area contributed by atoms with Gasteiger partial charge in [0.2, 0.25) is 0 Å². The van der Waals surface area contributed by atoms with Gasteiger partial charge in [0.25, 0.3) is 13.4 Å². The molecule has 0 saturated carbocycles. The minimum absolute atomic E-state index is 0.00231. The highest BCUT2D eigenvalue weighted by molar-refractivity contribution is 7.02. The SMILES string of the molecule is [2H]c1c([2H])c([2H])c2c(c1[2H])c1c([2H])c([2H])c([2H])c([2H])c1n2-c1cc2c3c(c1)N(c1c(-c4ccccc4)cc(C(C)(C)C)cc1-c1ccccc1)c1cc4c(cc1B3c1c(C)cccc1O2)B1c2ccccc2N(c2ccccc2)c2cc(-c3cccc5c3C3(c6ccccc6-c6ccccc63)c3ccccc3-5)cc(c21)O4. The number of benzene rings is 15. The second-order valence-electron chi connectivity index (χ2n) is 29.2. The van der Waals surface area contributed by atoms with Gasteiger partial charge in [-0.1, -0.05) is 269 Å². The summed E-state index contributed by atoms with van der Waals surface area (Å²) in [5, 5.41) is -0.0392. The fourth-order valence-corrected chi connectivity index (χ4v) is 18.6. The van der Waals surface area contributed by atoms with Crippen LogP contribution in [0.3, 0.4) is 0 Å². The topological polar surface area (TPSA) is 29.9 Å². The lowest BCUT2D eigenvalue weighted by Gasteiger charge is -2.44. The van der Waals surface area contributed by atoms with Crippen molar-refractivity contribution in [1.82, 2.24) is 4.57 Å². The molecule has 0 bridgehead atoms. The van der Waals surface area contributed by atoms with E-state index in [1.807, 2.05) is 36.4 Å². The Hall–Kier alpha value is -12.6. The molecule has 15 aromatic carbocycles. The third kappa shape index (κ3) is 8.05. The van der Waals surface area contributed by atoms with Crippen molar-refractivity contribution < 1.29 is 20.4 Å². The van der Waals surface area contributed by atoms with Crippen LogP contribution in [0.15, 0.2) is 321 Å². The third-order valence-electron chi connectivity index (χ3n) is 22.8. The molecule has 103 heavy (non-hydrogen) atoms. The number of fused-ring (bicyclic) bond motifs is 21. The first-order chi connectivity index (χ1) is 54.0. The van der Waals surface area contributed by atoms with Crippen LogP contribution in [-0.4, -0.2) is 18.0 Å². The number of aryl methyl sites for hydroxylation is 1. The lowest BCUT2D eigenvalue weighted by atomic mass is 9.30. The molecule has 1 aromatic heterocycles. The van der Waals surface area contributed by atoms with Crippen molar-refractivity contribution in [2.24, 2.45) is 0 Å². The average molecular weight is 1320 g/mol. The molecule has 4 aliphatic heterocycles. The third-order valence-corrected chi connectivity index (χ3v) is 22.8. The molecule has 5 heterocycles. The van der Waals surface area contributed by atoms with Crippen LogP contribution >= 0.6 is 0 Å². The van der Waals surface area contributed by atoms with Crippen molar-refractivity contribution >= 4 is 102 Å². The van der Waals surface area contributed by atoms with Crippen molar-refractivity contribution in [2.45, 2.75) is 38.5 Å². The Morgan fingerprint density at radius 3 is 1.55 bits per heavy atom. The van der Waals surface area contributed by atoms with Crippen LogP contribution in [0, 0.1) is 6.92 Å². The summed E-state index contributed by atoms with van der Waals surface area (Å²) in [5.74, 6) is 2.46. The summed E-state index contributed by atoms with van der Waals surface area (Å²) in [6, 6.07) is 94.8. The van der Waals surface area contributed by atoms with E-state index in [0.29, 0.717) is 34.4 Å². The molecule has 7 heteroatoms. The van der Waals surface area contributed by atoms with E-state index in [0.717, 1.165) is 106 Å². The van der Waals surface area contributed by atoms with Crippen molar-refractivity contribution in [1.29, 1.82) is 0 Å². The summed E-state index contributed by atoms with van der Waals surface area (Å²) in [6.07, 6.45) is 0. The molecule has 0 unspecified atom stereocenters. The molecule has 482 valence electrons. The summed E-state index contributed by atoms with van der Waals surface area (Å²) in [5.41, 5.74) is 28.5. The molecule has 22 rings (SSSR count). The summed E-state index contributed by atoms with van der Waals surface area (Å²) in [4.78, 5) is 4.80. The van der Waals surface area contributed by atoms with E-state index < -0.39 is 60.5 Å². The molecule has 0 fully saturated rings. The molecule has 16 aromatic rings. The Morgan fingerprint density at radius 1 is 0.359 bits per heavy atom. The molecule has 0 radical (unpaired) electrons. The lowest BCUT2D eigenvalue weighted by Crippen LogP contribution is -2.63. The van der Waals surface area contributed by atoms with E-state index in [-0.39, 0.29) is 33.9 Å². The zero-order valence-electron chi connectivity index (χ0n) is 64.8. The Balaban J connectivity index is 0.871. The Labute approximate surface area is 611 Å². The Bertz CT molecular complexity index is 6660. The van der Waals surface area contributed by atoms with Crippen molar-refractivity contribution in [3.63, 3.8) is 0 Å². The zero-order valence-corrected chi connectivity index (χ0v) is 56.8. The van der Waals surface area contributed by atoms with Crippen LogP contribution in [-0.2, 0) is 10.8 Å². The number of hydrogen-bond donors (Lipinski definition) is 0. The van der Waals surface area contributed by atoms with Gasteiger partial charge in [-0.2, -0.15) is 0 Å². The molecule has 0 amide bonds. The van der Waals surface area contributed by atoms with E-state index in [1.165, 1.54) is 44.5 Å². The van der Waals surface area contributed by atoms with Crippen LogP contribution < -0.4 is 52.1 Å². The number of anilines is 6. The second-order valence-corrected chi connectivity index (χ2v) is 29.2. The highest BCUT2D eigenvalue weighted by atomic mass is 16.5. The van der Waals surface area contributed by atoms with Gasteiger partial charge in [0, 0.05) is 62.5 Å². The van der Waals surface area contributed by atoms with Crippen molar-refractivity contribution in [3.8, 4) is 84.3 Å². The van der Waals surface area contributed by atoms with Crippen LogP contribution in [0.5, 0.6) is 23.0 Å². The molecule has 6 aliphatic rings. The van der Waals surface area contributed by atoms with Gasteiger partial charge in [0.1, 0.15) is 23.0 Å². The number of para-hydroxylation sites is 4. The maximum atomic E-state index is 9.85. The van der Waals surface area contributed by atoms with Gasteiger partial charge in [-0.25, -0.2) is 0 Å². The van der Waals surface area contributed by atoms with E-state index in [9.17, 15) is 8.22 Å². The molecule has 0 atom stereocenters. The largest absolute Gasteiger partial charge is 0.458 e. The van der Waals surface area contributed by atoms with Gasteiger partial charge >= 0.3 is 0 Å². The maximum Gasteiger partial charge on any atom is 0.256 e. The fraction of sp³-hybridized carbons (Fsp3) is 0.0625. The highest BCUT2D eigenvalue weighted by Crippen LogP contribution is 2.65. The summed E-state index contributed by atoms with van der Waals surface area (Å²) >= 11 is 0. The number of ether oxygens (including phenoxy) is 2. The molecular weight excluding hydrogens is 1250 g/mol. The van der Waals surface area contributed by atoms with Crippen molar-refractivity contribution in [3.05, 3.63) is 355 Å². The molecule has 0 N–H and O–H groups in total. The quantitative estimate of drug-likeness (QED) is 0.155. The van der Waals surface area contributed by atoms with Gasteiger partial charge in [0.15, 0.2) is 0 Å². The summed E-state index contributed by atoms with van der Waals surface area (Å²) in [7, 11) is 0. The Kier molecular flexibility index (Phi) is 10.6. The summed E-state index contributed by atoms with van der Waals surface area (Å²) in [6.45, 7) is 7.99. The number of nitrogens with zero attached hydrogens (tertiary/aromatic N) is 3. The van der Waals surface area contributed by atoms with Gasteiger partial charge in [-0.15, -0.1) is 0 Å². The van der Waals surface area contributed by atoms with E-state index >= 15 is 0 Å². The maximum absolute atomic E-state index is 9.85. The van der Waals surface area contributed by atoms with Gasteiger partial charge in [-0.05, 0) is 184 Å². The van der Waals surface area contributed by atoms with E-state index in [1.54, 1.807) is 4.57 Å². The second kappa shape index (κ2) is 21.5. The number of aromatic nitrogens is 1. The van der Waals surface area contributed by atoms with E-state index in [2.05, 4.69) is 274 Å². The molecule has 0 saturated heterocycles. The van der Waals surface area contributed by atoms with Gasteiger partial charge < -0.3 is 23.8 Å². The Morgan fingerprint density at radius 2 is 0.893 bits per heavy atom. The van der Waals surface area contributed by atoms with Crippen LogP contribution in [0.1, 0.15) is 65.1 Å². The predicted octanol–water partition coefficient (Wildman–Crippen LogP) is 20.5. The number of rotatable bonds is 6. The van der Waals surface area contributed by atoms with Gasteiger partial charge in [-0.3, -0.25) is 0 Å². The average Bonchev–Trinajstić information content (AvgIpc) is 1.53. The first-order valence-electron chi connectivity index (χ1n) is 39.5. The molecular formula is C96H65B2N3O2. The lowest BCUT2D eigenvalue weighted by molar-refractivity contribution is 0.486. The normalized spacial score (nSPS) is 15.1. The zero-order chi connectivity index (χ0) is 75.1. The van der Waals surface area contributed by atoms with E-state index in [4.69, 9.17) is 12.2 Å². The van der Waals surface area contributed by atoms with Crippen LogP contribution in [0.4, 0.5) is 34.1 Å². The molecule has 2 aliphatic carbocycles. The van der Waals surface area contributed by atoms with Crippen LogP contribution in [0.2, 0.25) is 0 Å². The van der Waals surface area contributed by atoms with Gasteiger partial charge in [0.05, 0.1) is 38.8 Å². The monoisotopic (exact) mass is 1320 g/mol. The first kappa shape index (κ1) is 50.7. The minimum Gasteiger partial charge on any atom is -0.458 e. The summed E-state index contributed by atoms with van der Waals surface area (Å²) < 4.78 is 92.7. The minimum atomic E-state index is -0.664.